The molecule has 0 aliphatic heterocycles. The molecular formula is C25H24ClNO3S. The number of amides is 1. The maximum absolute atomic E-state index is 12.9. The molecule has 4 rings (SSSR count). The Labute approximate surface area is 191 Å². The van der Waals surface area contributed by atoms with E-state index in [1.54, 1.807) is 6.92 Å². The van der Waals surface area contributed by atoms with Crippen LogP contribution in [0.3, 0.4) is 0 Å². The Morgan fingerprint density at radius 1 is 1.16 bits per heavy atom. The van der Waals surface area contributed by atoms with E-state index < -0.39 is 5.97 Å². The highest BCUT2D eigenvalue weighted by molar-refractivity contribution is 7.16. The van der Waals surface area contributed by atoms with Gasteiger partial charge in [-0.25, -0.2) is 4.79 Å². The van der Waals surface area contributed by atoms with Gasteiger partial charge in [-0.15, -0.1) is 11.3 Å². The number of benzene rings is 2. The number of esters is 1. The van der Waals surface area contributed by atoms with E-state index >= 15 is 0 Å². The zero-order chi connectivity index (χ0) is 22.0. The summed E-state index contributed by atoms with van der Waals surface area (Å²) in [7, 11) is 0. The van der Waals surface area contributed by atoms with Crippen molar-refractivity contribution in [2.24, 2.45) is 5.92 Å². The van der Waals surface area contributed by atoms with Gasteiger partial charge in [0.05, 0.1) is 12.2 Å². The van der Waals surface area contributed by atoms with Gasteiger partial charge in [0.15, 0.2) is 0 Å². The number of anilines is 1. The molecule has 1 N–H and O–H groups in total. The van der Waals surface area contributed by atoms with E-state index in [9.17, 15) is 9.59 Å². The van der Waals surface area contributed by atoms with Crippen LogP contribution in [0.25, 0.3) is 0 Å². The first-order chi connectivity index (χ1) is 15.0. The van der Waals surface area contributed by atoms with E-state index in [4.69, 9.17) is 16.3 Å². The fourth-order valence-electron chi connectivity index (χ4n) is 3.75. The average Bonchev–Trinajstić information content (AvgIpc) is 3.47. The molecule has 4 nitrogen and oxygen atoms in total. The van der Waals surface area contributed by atoms with Crippen molar-refractivity contribution < 1.29 is 14.3 Å². The first-order valence-electron chi connectivity index (χ1n) is 10.4. The smallest absolute Gasteiger partial charge is 0.341 e. The Bertz CT molecular complexity index is 1080. The minimum absolute atomic E-state index is 0.0636. The molecule has 3 atom stereocenters. The molecule has 1 amide bonds. The van der Waals surface area contributed by atoms with Gasteiger partial charge >= 0.3 is 5.97 Å². The van der Waals surface area contributed by atoms with Gasteiger partial charge in [-0.1, -0.05) is 61.0 Å². The molecule has 1 fully saturated rings. The second-order valence-corrected chi connectivity index (χ2v) is 9.25. The van der Waals surface area contributed by atoms with Crippen LogP contribution in [0.1, 0.15) is 58.5 Å². The number of hydrogen-bond donors (Lipinski definition) is 1. The summed E-state index contributed by atoms with van der Waals surface area (Å²) >= 11 is 7.41. The SMILES string of the molecule is CCOC(=O)c1cc([C@H](C)c2ccccc2)sc1NC(=O)[C@@H]1C[C@H]1c1ccc(Cl)cc1. The summed E-state index contributed by atoms with van der Waals surface area (Å²) < 4.78 is 5.23. The highest BCUT2D eigenvalue weighted by atomic mass is 35.5. The molecule has 6 heteroatoms. The largest absolute Gasteiger partial charge is 0.462 e. The minimum Gasteiger partial charge on any atom is -0.462 e. The van der Waals surface area contributed by atoms with Crippen LogP contribution >= 0.6 is 22.9 Å². The number of carbonyl (C=O) groups excluding carboxylic acids is 2. The van der Waals surface area contributed by atoms with Crippen LogP contribution in [0.5, 0.6) is 0 Å². The molecule has 1 aliphatic rings. The second kappa shape index (κ2) is 9.25. The lowest BCUT2D eigenvalue weighted by Crippen LogP contribution is -2.16. The van der Waals surface area contributed by atoms with E-state index in [1.807, 2.05) is 48.5 Å². The first-order valence-corrected chi connectivity index (χ1v) is 11.6. The van der Waals surface area contributed by atoms with Crippen molar-refractivity contribution in [1.29, 1.82) is 0 Å². The lowest BCUT2D eigenvalue weighted by Gasteiger charge is -2.09. The second-order valence-electron chi connectivity index (χ2n) is 7.73. The Morgan fingerprint density at radius 3 is 2.55 bits per heavy atom. The molecule has 1 heterocycles. The molecule has 160 valence electrons. The summed E-state index contributed by atoms with van der Waals surface area (Å²) in [6.07, 6.45) is 0.793. The van der Waals surface area contributed by atoms with E-state index in [-0.39, 0.29) is 30.3 Å². The van der Waals surface area contributed by atoms with Gasteiger partial charge in [0.1, 0.15) is 5.00 Å². The van der Waals surface area contributed by atoms with Gasteiger partial charge in [0.2, 0.25) is 5.91 Å². The third kappa shape index (κ3) is 4.83. The molecule has 0 spiro atoms. The van der Waals surface area contributed by atoms with Crippen molar-refractivity contribution in [2.45, 2.75) is 32.1 Å². The molecule has 1 saturated carbocycles. The lowest BCUT2D eigenvalue weighted by atomic mass is 9.99. The molecule has 1 aliphatic carbocycles. The average molecular weight is 454 g/mol. The van der Waals surface area contributed by atoms with Gasteiger partial charge in [-0.2, -0.15) is 0 Å². The van der Waals surface area contributed by atoms with E-state index in [1.165, 1.54) is 11.3 Å². The highest BCUT2D eigenvalue weighted by Crippen LogP contribution is 2.48. The topological polar surface area (TPSA) is 55.4 Å². The maximum Gasteiger partial charge on any atom is 0.341 e. The van der Waals surface area contributed by atoms with Crippen LogP contribution < -0.4 is 5.32 Å². The summed E-state index contributed by atoms with van der Waals surface area (Å²) in [4.78, 5) is 26.5. The Balaban J connectivity index is 1.54. The predicted molar refractivity (Wildman–Crippen MR) is 125 cm³/mol. The molecule has 0 unspecified atom stereocenters. The minimum atomic E-state index is -0.411. The van der Waals surface area contributed by atoms with Crippen molar-refractivity contribution in [2.75, 3.05) is 11.9 Å². The highest BCUT2D eigenvalue weighted by Gasteiger charge is 2.44. The molecule has 2 aromatic carbocycles. The van der Waals surface area contributed by atoms with Crippen molar-refractivity contribution in [3.8, 4) is 0 Å². The molecule has 0 bridgehead atoms. The van der Waals surface area contributed by atoms with Crippen LogP contribution in [0.2, 0.25) is 5.02 Å². The maximum atomic E-state index is 12.9. The van der Waals surface area contributed by atoms with Crippen molar-refractivity contribution >= 4 is 39.8 Å². The van der Waals surface area contributed by atoms with Crippen LogP contribution in [0.15, 0.2) is 60.7 Å². The number of rotatable bonds is 7. The standard InChI is InChI=1S/C25H24ClNO3S/c1-3-30-25(29)21-14-22(15(2)16-7-5-4-6-8-16)31-24(21)27-23(28)20-13-19(20)17-9-11-18(26)12-10-17/h4-12,14-15,19-20H,3,13H2,1-2H3,(H,27,28)/t15-,19+,20-/m1/s1. The zero-order valence-electron chi connectivity index (χ0n) is 17.4. The van der Waals surface area contributed by atoms with Crippen molar-refractivity contribution in [3.05, 3.63) is 87.3 Å². The van der Waals surface area contributed by atoms with Crippen molar-refractivity contribution in [3.63, 3.8) is 0 Å². The lowest BCUT2D eigenvalue weighted by molar-refractivity contribution is -0.117. The molecule has 0 radical (unpaired) electrons. The molecule has 31 heavy (non-hydrogen) atoms. The Kier molecular flexibility index (Phi) is 6.44. The monoisotopic (exact) mass is 453 g/mol. The fourth-order valence-corrected chi connectivity index (χ4v) is 5.01. The van der Waals surface area contributed by atoms with Gasteiger partial charge in [0, 0.05) is 21.7 Å². The predicted octanol–water partition coefficient (Wildman–Crippen LogP) is 6.47. The van der Waals surface area contributed by atoms with Crippen LogP contribution in [0.4, 0.5) is 5.00 Å². The zero-order valence-corrected chi connectivity index (χ0v) is 19.0. The summed E-state index contributed by atoms with van der Waals surface area (Å²) in [5, 5.41) is 4.24. The molecule has 1 aromatic heterocycles. The fraction of sp³-hybridized carbons (Fsp3) is 0.280. The number of thiophene rings is 1. The Morgan fingerprint density at radius 2 is 1.87 bits per heavy atom. The third-order valence-electron chi connectivity index (χ3n) is 5.63. The first kappa shape index (κ1) is 21.6. The molecule has 3 aromatic rings. The van der Waals surface area contributed by atoms with E-state index in [0.29, 0.717) is 15.6 Å². The van der Waals surface area contributed by atoms with Gasteiger partial charge in [0.25, 0.3) is 0 Å². The normalized spacial score (nSPS) is 18.3. The van der Waals surface area contributed by atoms with Crippen LogP contribution in [-0.2, 0) is 9.53 Å². The molecular weight excluding hydrogens is 430 g/mol. The number of hydrogen-bond acceptors (Lipinski definition) is 4. The molecule has 0 saturated heterocycles. The number of ether oxygens (including phenoxy) is 1. The number of nitrogens with one attached hydrogen (secondary N) is 1. The number of halogens is 1. The van der Waals surface area contributed by atoms with E-state index in [0.717, 1.165) is 22.4 Å². The van der Waals surface area contributed by atoms with Gasteiger partial charge in [-0.3, -0.25) is 4.79 Å². The third-order valence-corrected chi connectivity index (χ3v) is 7.12. The Hall–Kier alpha value is -2.63. The van der Waals surface area contributed by atoms with E-state index in [2.05, 4.69) is 24.4 Å². The van der Waals surface area contributed by atoms with Crippen LogP contribution in [-0.4, -0.2) is 18.5 Å². The van der Waals surface area contributed by atoms with Gasteiger partial charge in [-0.05, 0) is 48.6 Å². The van der Waals surface area contributed by atoms with Crippen molar-refractivity contribution in [1.82, 2.24) is 0 Å². The van der Waals surface area contributed by atoms with Crippen LogP contribution in [0, 0.1) is 5.92 Å². The summed E-state index contributed by atoms with van der Waals surface area (Å²) in [5.41, 5.74) is 2.68. The summed E-state index contributed by atoms with van der Waals surface area (Å²) in [6, 6.07) is 19.6. The number of carbonyl (C=O) groups is 2. The summed E-state index contributed by atoms with van der Waals surface area (Å²) in [5.74, 6) is -0.288. The summed E-state index contributed by atoms with van der Waals surface area (Å²) in [6.45, 7) is 4.16. The quantitative estimate of drug-likeness (QED) is 0.417. The van der Waals surface area contributed by atoms with Gasteiger partial charge < -0.3 is 10.1 Å².